The molecule has 2 aromatic carbocycles. The van der Waals surface area contributed by atoms with Crippen LogP contribution in [0.5, 0.6) is 5.75 Å². The summed E-state index contributed by atoms with van der Waals surface area (Å²) in [5, 5.41) is 11.1. The predicted molar refractivity (Wildman–Crippen MR) is 69.7 cm³/mol. The molecule has 0 aliphatic heterocycles. The van der Waals surface area contributed by atoms with Gasteiger partial charge < -0.3 is 16.6 Å². The molecule has 0 fully saturated rings. The minimum Gasteiger partial charge on any atom is -0.508 e. The number of hydrogen-bond donors (Lipinski definition) is 3. The molecule has 3 aromatic rings. The number of phenols is 1. The van der Waals surface area contributed by atoms with Crippen molar-refractivity contribution in [2.75, 3.05) is 11.5 Å². The second kappa shape index (κ2) is 3.25. The van der Waals surface area contributed by atoms with Gasteiger partial charge in [-0.05, 0) is 36.4 Å². The van der Waals surface area contributed by atoms with E-state index in [1.807, 2.05) is 6.07 Å². The molecule has 0 amide bonds. The highest BCUT2D eigenvalue weighted by Crippen LogP contribution is 2.31. The monoisotopic (exact) mass is 225 g/mol. The number of phenolic OH excluding ortho intramolecular Hbond substituents is 1. The van der Waals surface area contributed by atoms with Crippen LogP contribution in [0.3, 0.4) is 0 Å². The summed E-state index contributed by atoms with van der Waals surface area (Å²) in [5.41, 5.74) is 14.6. The van der Waals surface area contributed by atoms with Crippen molar-refractivity contribution in [1.82, 2.24) is 4.98 Å². The fraction of sp³-hybridized carbons (Fsp3) is 0. The number of aromatic hydroxyl groups is 1. The first-order chi connectivity index (χ1) is 8.15. The number of anilines is 2. The van der Waals surface area contributed by atoms with Gasteiger partial charge in [-0.1, -0.05) is 0 Å². The third-order valence-electron chi connectivity index (χ3n) is 2.82. The molecule has 0 radical (unpaired) electrons. The van der Waals surface area contributed by atoms with Gasteiger partial charge in [0.05, 0.1) is 16.7 Å². The van der Waals surface area contributed by atoms with Crippen LogP contribution in [0.4, 0.5) is 11.4 Å². The zero-order valence-corrected chi connectivity index (χ0v) is 9.01. The maximum absolute atomic E-state index is 9.47. The highest BCUT2D eigenvalue weighted by Gasteiger charge is 2.07. The van der Waals surface area contributed by atoms with Gasteiger partial charge in [-0.3, -0.25) is 0 Å². The molecule has 0 aliphatic rings. The fourth-order valence-electron chi connectivity index (χ4n) is 1.98. The lowest BCUT2D eigenvalue weighted by Crippen LogP contribution is -1.93. The van der Waals surface area contributed by atoms with E-state index in [1.165, 1.54) is 0 Å². The molecule has 0 unspecified atom stereocenters. The summed E-state index contributed by atoms with van der Waals surface area (Å²) in [6.07, 6.45) is 0. The van der Waals surface area contributed by atoms with Gasteiger partial charge in [0.15, 0.2) is 0 Å². The summed E-state index contributed by atoms with van der Waals surface area (Å²) in [4.78, 5) is 4.47. The molecule has 0 spiro atoms. The van der Waals surface area contributed by atoms with E-state index >= 15 is 0 Å². The Morgan fingerprint density at radius 2 is 1.71 bits per heavy atom. The average molecular weight is 225 g/mol. The first-order valence-corrected chi connectivity index (χ1v) is 5.22. The van der Waals surface area contributed by atoms with Gasteiger partial charge in [-0.2, -0.15) is 0 Å². The van der Waals surface area contributed by atoms with Crippen molar-refractivity contribution in [2.45, 2.75) is 0 Å². The Labute approximate surface area is 97.5 Å². The summed E-state index contributed by atoms with van der Waals surface area (Å²) < 4.78 is 0. The predicted octanol–water partition coefficient (Wildman–Crippen LogP) is 2.26. The van der Waals surface area contributed by atoms with Crippen molar-refractivity contribution in [3.8, 4) is 5.75 Å². The minimum atomic E-state index is 0.181. The number of pyridine rings is 1. The number of benzene rings is 2. The largest absolute Gasteiger partial charge is 0.508 e. The molecule has 0 aliphatic carbocycles. The van der Waals surface area contributed by atoms with Crippen molar-refractivity contribution in [2.24, 2.45) is 0 Å². The summed E-state index contributed by atoms with van der Waals surface area (Å²) in [6, 6.07) is 10.4. The van der Waals surface area contributed by atoms with Gasteiger partial charge in [0.2, 0.25) is 0 Å². The first-order valence-electron chi connectivity index (χ1n) is 5.22. The number of fused-ring (bicyclic) bond motifs is 2. The average Bonchev–Trinajstić information content (AvgIpc) is 2.30. The van der Waals surface area contributed by atoms with Crippen LogP contribution in [0.2, 0.25) is 0 Å². The van der Waals surface area contributed by atoms with E-state index in [-0.39, 0.29) is 5.75 Å². The smallest absolute Gasteiger partial charge is 0.116 e. The van der Waals surface area contributed by atoms with Gasteiger partial charge in [-0.15, -0.1) is 0 Å². The molecule has 0 atom stereocenters. The van der Waals surface area contributed by atoms with Gasteiger partial charge in [0.1, 0.15) is 5.75 Å². The number of nitrogens with two attached hydrogens (primary N) is 2. The minimum absolute atomic E-state index is 0.181. The van der Waals surface area contributed by atoms with E-state index in [9.17, 15) is 5.11 Å². The Morgan fingerprint density at radius 3 is 2.53 bits per heavy atom. The lowest BCUT2D eigenvalue weighted by molar-refractivity contribution is 0.476. The van der Waals surface area contributed by atoms with Crippen LogP contribution < -0.4 is 11.5 Å². The fourth-order valence-corrected chi connectivity index (χ4v) is 1.98. The SMILES string of the molecule is Nc1ccc2c(N)c3cc(O)ccc3nc2c1. The molecule has 5 N–H and O–H groups in total. The summed E-state index contributed by atoms with van der Waals surface area (Å²) in [7, 11) is 0. The Balaban J connectivity index is 2.52. The van der Waals surface area contributed by atoms with E-state index < -0.39 is 0 Å². The molecular formula is C13H11N3O. The molecule has 1 heterocycles. The third kappa shape index (κ3) is 1.42. The normalized spacial score (nSPS) is 11.1. The standard InChI is InChI=1S/C13H11N3O/c14-7-1-3-9-12(5-7)16-11-4-2-8(17)6-10(11)13(9)15/h1-6,17H,14H2,(H2,15,16). The van der Waals surface area contributed by atoms with Gasteiger partial charge in [-0.25, -0.2) is 4.98 Å². The van der Waals surface area contributed by atoms with E-state index in [0.29, 0.717) is 11.4 Å². The summed E-state index contributed by atoms with van der Waals surface area (Å²) in [6.45, 7) is 0. The van der Waals surface area contributed by atoms with Crippen molar-refractivity contribution in [3.63, 3.8) is 0 Å². The van der Waals surface area contributed by atoms with Crippen LogP contribution in [-0.4, -0.2) is 10.1 Å². The zero-order valence-electron chi connectivity index (χ0n) is 9.01. The van der Waals surface area contributed by atoms with Crippen LogP contribution in [0, 0.1) is 0 Å². The van der Waals surface area contributed by atoms with Crippen LogP contribution in [0.25, 0.3) is 21.8 Å². The lowest BCUT2D eigenvalue weighted by atomic mass is 10.1. The maximum atomic E-state index is 9.47. The quantitative estimate of drug-likeness (QED) is 0.404. The lowest BCUT2D eigenvalue weighted by Gasteiger charge is -2.07. The molecule has 4 heteroatoms. The Kier molecular flexibility index (Phi) is 1.86. The highest BCUT2D eigenvalue weighted by atomic mass is 16.3. The van der Waals surface area contributed by atoms with Gasteiger partial charge in [0.25, 0.3) is 0 Å². The summed E-state index contributed by atoms with van der Waals surface area (Å²) >= 11 is 0. The topological polar surface area (TPSA) is 85.2 Å². The van der Waals surface area contributed by atoms with Crippen molar-refractivity contribution in [3.05, 3.63) is 36.4 Å². The van der Waals surface area contributed by atoms with Crippen LogP contribution in [0.15, 0.2) is 36.4 Å². The number of rotatable bonds is 0. The molecule has 4 nitrogen and oxygen atoms in total. The van der Waals surface area contributed by atoms with E-state index in [4.69, 9.17) is 11.5 Å². The maximum Gasteiger partial charge on any atom is 0.116 e. The second-order valence-electron chi connectivity index (χ2n) is 4.00. The number of nitrogens with zero attached hydrogens (tertiary/aromatic N) is 1. The van der Waals surface area contributed by atoms with E-state index in [2.05, 4.69) is 4.98 Å². The molecule has 17 heavy (non-hydrogen) atoms. The Hall–Kier alpha value is -2.49. The second-order valence-corrected chi connectivity index (χ2v) is 4.00. The van der Waals surface area contributed by atoms with Crippen molar-refractivity contribution < 1.29 is 5.11 Å². The Bertz CT molecular complexity index is 737. The molecule has 0 saturated heterocycles. The van der Waals surface area contributed by atoms with E-state index in [1.54, 1.807) is 30.3 Å². The molecule has 0 saturated carbocycles. The van der Waals surface area contributed by atoms with Crippen LogP contribution in [0.1, 0.15) is 0 Å². The summed E-state index contributed by atoms with van der Waals surface area (Å²) in [5.74, 6) is 0.181. The van der Waals surface area contributed by atoms with Crippen molar-refractivity contribution in [1.29, 1.82) is 0 Å². The highest BCUT2D eigenvalue weighted by molar-refractivity contribution is 6.07. The molecule has 84 valence electrons. The molecular weight excluding hydrogens is 214 g/mol. The third-order valence-corrected chi connectivity index (χ3v) is 2.82. The van der Waals surface area contributed by atoms with Gasteiger partial charge >= 0.3 is 0 Å². The van der Waals surface area contributed by atoms with Crippen molar-refractivity contribution >= 4 is 33.2 Å². The van der Waals surface area contributed by atoms with E-state index in [0.717, 1.165) is 21.8 Å². The van der Waals surface area contributed by atoms with Crippen LogP contribution in [-0.2, 0) is 0 Å². The molecule has 0 bridgehead atoms. The van der Waals surface area contributed by atoms with Gasteiger partial charge in [0, 0.05) is 16.5 Å². The van der Waals surface area contributed by atoms with Crippen LogP contribution >= 0.6 is 0 Å². The zero-order chi connectivity index (χ0) is 12.0. The number of nitrogen functional groups attached to an aromatic ring is 2. The first kappa shape index (κ1) is 9.72. The number of hydrogen-bond acceptors (Lipinski definition) is 4. The molecule has 3 rings (SSSR count). The number of aromatic nitrogens is 1. The Morgan fingerprint density at radius 1 is 0.882 bits per heavy atom. The molecule has 1 aromatic heterocycles.